The molecule has 0 aromatic heterocycles. The van der Waals surface area contributed by atoms with Gasteiger partial charge < -0.3 is 20.3 Å². The van der Waals surface area contributed by atoms with Crippen molar-refractivity contribution in [3.63, 3.8) is 0 Å². The first kappa shape index (κ1) is 16.0. The highest BCUT2D eigenvalue weighted by Gasteiger charge is 2.13. The van der Waals surface area contributed by atoms with Crippen molar-refractivity contribution in [1.82, 2.24) is 5.32 Å². The molecular formula is C13H19F2NO3. The maximum absolute atomic E-state index is 13.0. The number of methoxy groups -OCH3 is 1. The van der Waals surface area contributed by atoms with Crippen molar-refractivity contribution < 1.29 is 23.7 Å². The molecule has 0 saturated carbocycles. The summed E-state index contributed by atoms with van der Waals surface area (Å²) < 4.78 is 30.7. The summed E-state index contributed by atoms with van der Waals surface area (Å²) in [4.78, 5) is 0. The summed E-state index contributed by atoms with van der Waals surface area (Å²) in [6, 6.07) is 3.19. The van der Waals surface area contributed by atoms with Gasteiger partial charge in [-0.2, -0.15) is 0 Å². The Morgan fingerprint density at radius 2 is 2.05 bits per heavy atom. The van der Waals surface area contributed by atoms with E-state index in [9.17, 15) is 13.9 Å². The van der Waals surface area contributed by atoms with E-state index in [4.69, 9.17) is 9.84 Å². The normalized spacial score (nSPS) is 14.4. The van der Waals surface area contributed by atoms with Gasteiger partial charge in [-0.1, -0.05) is 6.07 Å². The molecular weight excluding hydrogens is 256 g/mol. The van der Waals surface area contributed by atoms with Crippen LogP contribution in [0.1, 0.15) is 18.1 Å². The molecule has 2 unspecified atom stereocenters. The summed E-state index contributed by atoms with van der Waals surface area (Å²) in [7, 11) is 1.54. The fourth-order valence-electron chi connectivity index (χ4n) is 1.72. The molecule has 6 heteroatoms. The number of rotatable bonds is 8. The minimum atomic E-state index is -0.986. The lowest BCUT2D eigenvalue weighted by atomic mass is 10.1. The Hall–Kier alpha value is -1.08. The van der Waals surface area contributed by atoms with Crippen LogP contribution >= 0.6 is 0 Å². The lowest BCUT2D eigenvalue weighted by molar-refractivity contribution is 0.126. The van der Waals surface area contributed by atoms with Crippen molar-refractivity contribution >= 4 is 0 Å². The van der Waals surface area contributed by atoms with Crippen LogP contribution in [0.4, 0.5) is 8.78 Å². The molecule has 2 atom stereocenters. The van der Waals surface area contributed by atoms with Gasteiger partial charge in [-0.05, 0) is 24.1 Å². The Labute approximate surface area is 111 Å². The van der Waals surface area contributed by atoms with E-state index in [-0.39, 0.29) is 19.2 Å². The third kappa shape index (κ3) is 5.20. The van der Waals surface area contributed by atoms with Gasteiger partial charge >= 0.3 is 0 Å². The Kier molecular flexibility index (Phi) is 6.86. The van der Waals surface area contributed by atoms with Crippen molar-refractivity contribution in [2.75, 3.05) is 26.9 Å². The van der Waals surface area contributed by atoms with E-state index >= 15 is 0 Å². The monoisotopic (exact) mass is 275 g/mol. The standard InChI is InChI=1S/C13H19F2NO3/c1-19-8-10(4-5-17)16-7-13(18)9-2-3-11(14)12(15)6-9/h2-3,6,10,13,16-18H,4-5,7-8H2,1H3. The fraction of sp³-hybridized carbons (Fsp3) is 0.538. The highest BCUT2D eigenvalue weighted by atomic mass is 19.2. The fourth-order valence-corrected chi connectivity index (χ4v) is 1.72. The van der Waals surface area contributed by atoms with Crippen LogP contribution < -0.4 is 5.32 Å². The zero-order valence-corrected chi connectivity index (χ0v) is 10.8. The van der Waals surface area contributed by atoms with Crippen LogP contribution in [0.2, 0.25) is 0 Å². The predicted molar refractivity (Wildman–Crippen MR) is 66.7 cm³/mol. The quantitative estimate of drug-likeness (QED) is 0.662. The SMILES string of the molecule is COCC(CCO)NCC(O)c1ccc(F)c(F)c1. The van der Waals surface area contributed by atoms with Crippen LogP contribution in [0.5, 0.6) is 0 Å². The second-order valence-electron chi connectivity index (χ2n) is 4.26. The summed E-state index contributed by atoms with van der Waals surface area (Å²) in [6.45, 7) is 0.562. The first-order chi connectivity index (χ1) is 9.08. The number of benzene rings is 1. The van der Waals surface area contributed by atoms with Crippen LogP contribution in [-0.2, 0) is 4.74 Å². The van der Waals surface area contributed by atoms with E-state index in [1.165, 1.54) is 13.2 Å². The molecule has 0 heterocycles. The molecule has 0 fully saturated rings. The maximum Gasteiger partial charge on any atom is 0.159 e. The average molecular weight is 275 g/mol. The molecule has 1 aromatic rings. The Morgan fingerprint density at radius 1 is 1.32 bits per heavy atom. The molecule has 0 saturated heterocycles. The third-order valence-electron chi connectivity index (χ3n) is 2.77. The molecule has 1 rings (SSSR count). The lowest BCUT2D eigenvalue weighted by Crippen LogP contribution is -2.36. The van der Waals surface area contributed by atoms with E-state index in [0.29, 0.717) is 18.6 Å². The highest BCUT2D eigenvalue weighted by molar-refractivity contribution is 5.20. The van der Waals surface area contributed by atoms with Gasteiger partial charge in [-0.25, -0.2) is 8.78 Å². The first-order valence-corrected chi connectivity index (χ1v) is 6.04. The number of nitrogens with one attached hydrogen (secondary N) is 1. The minimum Gasteiger partial charge on any atom is -0.396 e. The van der Waals surface area contributed by atoms with Crippen molar-refractivity contribution in [3.05, 3.63) is 35.4 Å². The van der Waals surface area contributed by atoms with E-state index in [1.807, 2.05) is 0 Å². The number of ether oxygens (including phenoxy) is 1. The van der Waals surface area contributed by atoms with Gasteiger partial charge in [0.1, 0.15) is 0 Å². The van der Waals surface area contributed by atoms with Crippen molar-refractivity contribution in [2.24, 2.45) is 0 Å². The van der Waals surface area contributed by atoms with Crippen LogP contribution in [0.3, 0.4) is 0 Å². The second kappa shape index (κ2) is 8.16. The zero-order chi connectivity index (χ0) is 14.3. The summed E-state index contributed by atoms with van der Waals surface area (Å²) in [5.41, 5.74) is 0.298. The van der Waals surface area contributed by atoms with Crippen LogP contribution in [0.25, 0.3) is 0 Å². The first-order valence-electron chi connectivity index (χ1n) is 6.04. The molecule has 4 nitrogen and oxygen atoms in total. The Morgan fingerprint density at radius 3 is 2.63 bits per heavy atom. The molecule has 3 N–H and O–H groups in total. The maximum atomic E-state index is 13.0. The largest absolute Gasteiger partial charge is 0.396 e. The third-order valence-corrected chi connectivity index (χ3v) is 2.77. The van der Waals surface area contributed by atoms with Crippen molar-refractivity contribution in [2.45, 2.75) is 18.6 Å². The van der Waals surface area contributed by atoms with Crippen molar-refractivity contribution in [1.29, 1.82) is 0 Å². The highest BCUT2D eigenvalue weighted by Crippen LogP contribution is 2.15. The Balaban J connectivity index is 2.53. The average Bonchev–Trinajstić information content (AvgIpc) is 2.39. The van der Waals surface area contributed by atoms with E-state index < -0.39 is 17.7 Å². The minimum absolute atomic E-state index is 0.00228. The summed E-state index contributed by atoms with van der Waals surface area (Å²) in [6.07, 6.45) is -0.466. The van der Waals surface area contributed by atoms with Crippen LogP contribution in [0, 0.1) is 11.6 Å². The number of halogens is 2. The Bertz CT molecular complexity index is 384. The lowest BCUT2D eigenvalue weighted by Gasteiger charge is -2.19. The van der Waals surface area contributed by atoms with E-state index in [0.717, 1.165) is 12.1 Å². The van der Waals surface area contributed by atoms with Gasteiger partial charge in [-0.15, -0.1) is 0 Å². The van der Waals surface area contributed by atoms with Gasteiger partial charge in [0.05, 0.1) is 12.7 Å². The molecule has 1 aromatic carbocycles. The molecule has 19 heavy (non-hydrogen) atoms. The number of aliphatic hydroxyl groups is 2. The molecule has 0 aliphatic rings. The predicted octanol–water partition coefficient (Wildman–Crippen LogP) is 0.985. The number of hydrogen-bond acceptors (Lipinski definition) is 4. The molecule has 0 amide bonds. The van der Waals surface area contributed by atoms with E-state index in [2.05, 4.69) is 5.32 Å². The summed E-state index contributed by atoms with van der Waals surface area (Å²) in [5, 5.41) is 21.7. The van der Waals surface area contributed by atoms with Gasteiger partial charge in [-0.3, -0.25) is 0 Å². The summed E-state index contributed by atoms with van der Waals surface area (Å²) in [5.74, 6) is -1.93. The molecule has 0 aliphatic carbocycles. The van der Waals surface area contributed by atoms with Crippen LogP contribution in [0.15, 0.2) is 18.2 Å². The molecule has 0 spiro atoms. The van der Waals surface area contributed by atoms with Gasteiger partial charge in [0.2, 0.25) is 0 Å². The van der Waals surface area contributed by atoms with Gasteiger partial charge in [0.25, 0.3) is 0 Å². The molecule has 108 valence electrons. The van der Waals surface area contributed by atoms with Gasteiger partial charge in [0.15, 0.2) is 11.6 Å². The van der Waals surface area contributed by atoms with Crippen LogP contribution in [-0.4, -0.2) is 43.1 Å². The van der Waals surface area contributed by atoms with Gasteiger partial charge in [0, 0.05) is 26.3 Å². The molecule has 0 aliphatic heterocycles. The molecule has 0 radical (unpaired) electrons. The second-order valence-corrected chi connectivity index (χ2v) is 4.26. The topological polar surface area (TPSA) is 61.7 Å². The van der Waals surface area contributed by atoms with Crippen molar-refractivity contribution in [3.8, 4) is 0 Å². The number of aliphatic hydroxyl groups excluding tert-OH is 2. The number of hydrogen-bond donors (Lipinski definition) is 3. The van der Waals surface area contributed by atoms with E-state index in [1.54, 1.807) is 0 Å². The smallest absolute Gasteiger partial charge is 0.159 e. The summed E-state index contributed by atoms with van der Waals surface area (Å²) >= 11 is 0. The zero-order valence-electron chi connectivity index (χ0n) is 10.8. The molecule has 0 bridgehead atoms.